The smallest absolute Gasteiger partial charge is 0.126 e. The van der Waals surface area contributed by atoms with E-state index in [1.54, 1.807) is 12.3 Å². The minimum absolute atomic E-state index is 0.535. The number of nitrogens with zero attached hydrogens (tertiary/aromatic N) is 3. The molecule has 1 rings (SSSR count). The van der Waals surface area contributed by atoms with Gasteiger partial charge in [0, 0.05) is 19.2 Å². The Bertz CT molecular complexity index is 235. The molecule has 0 radical (unpaired) electrons. The normalized spacial score (nSPS) is 21.7. The highest BCUT2D eigenvalue weighted by Crippen LogP contribution is 2.18. The van der Waals surface area contributed by atoms with Crippen LogP contribution >= 0.6 is 0 Å². The van der Waals surface area contributed by atoms with Crippen molar-refractivity contribution in [2.75, 3.05) is 27.2 Å². The maximum atomic E-state index is 4.30. The SMILES string of the molecule is C=CC=NC(=NC)C1CCN(C)CC1. The fraction of sp³-hybridized carbons (Fsp3) is 0.636. The van der Waals surface area contributed by atoms with Crippen molar-refractivity contribution in [3.8, 4) is 0 Å². The van der Waals surface area contributed by atoms with Crippen LogP contribution in [0.25, 0.3) is 0 Å². The summed E-state index contributed by atoms with van der Waals surface area (Å²) < 4.78 is 0. The lowest BCUT2D eigenvalue weighted by Crippen LogP contribution is -2.33. The van der Waals surface area contributed by atoms with Gasteiger partial charge in [0.05, 0.1) is 0 Å². The van der Waals surface area contributed by atoms with Gasteiger partial charge in [-0.3, -0.25) is 4.99 Å². The highest BCUT2D eigenvalue weighted by Gasteiger charge is 2.20. The summed E-state index contributed by atoms with van der Waals surface area (Å²) in [4.78, 5) is 10.9. The first-order valence-corrected chi connectivity index (χ1v) is 5.08. The Balaban J connectivity index is 2.54. The van der Waals surface area contributed by atoms with E-state index < -0.39 is 0 Å². The van der Waals surface area contributed by atoms with Crippen LogP contribution in [0.1, 0.15) is 12.8 Å². The molecule has 1 aliphatic rings. The number of amidine groups is 1. The van der Waals surface area contributed by atoms with Crippen LogP contribution in [-0.4, -0.2) is 44.1 Å². The zero-order chi connectivity index (χ0) is 10.4. The average Bonchev–Trinajstić information content (AvgIpc) is 2.21. The van der Waals surface area contributed by atoms with Gasteiger partial charge in [-0.1, -0.05) is 12.7 Å². The monoisotopic (exact) mass is 193 g/mol. The van der Waals surface area contributed by atoms with Crippen LogP contribution in [0.4, 0.5) is 0 Å². The summed E-state index contributed by atoms with van der Waals surface area (Å²) in [5, 5.41) is 0. The molecule has 0 atom stereocenters. The van der Waals surface area contributed by atoms with E-state index in [2.05, 4.69) is 28.5 Å². The molecule has 0 bridgehead atoms. The van der Waals surface area contributed by atoms with E-state index in [4.69, 9.17) is 0 Å². The van der Waals surface area contributed by atoms with E-state index in [0.717, 1.165) is 31.8 Å². The number of rotatable bonds is 2. The van der Waals surface area contributed by atoms with Crippen molar-refractivity contribution in [3.05, 3.63) is 12.7 Å². The van der Waals surface area contributed by atoms with Crippen molar-refractivity contribution < 1.29 is 0 Å². The van der Waals surface area contributed by atoms with Gasteiger partial charge in [0.25, 0.3) is 0 Å². The van der Waals surface area contributed by atoms with Gasteiger partial charge in [0.2, 0.25) is 0 Å². The molecule has 0 aromatic heterocycles. The molecule has 0 aliphatic carbocycles. The molecule has 1 heterocycles. The second-order valence-corrected chi connectivity index (χ2v) is 3.67. The number of allylic oxidation sites excluding steroid dienone is 1. The molecule has 1 fully saturated rings. The largest absolute Gasteiger partial charge is 0.306 e. The molecule has 3 heteroatoms. The zero-order valence-electron chi connectivity index (χ0n) is 9.11. The standard InChI is InChI=1S/C11H19N3/c1-4-7-13-11(12-2)10-5-8-14(3)9-6-10/h4,7,10H,1,5-6,8-9H2,2-3H3. The first kappa shape index (κ1) is 11.1. The van der Waals surface area contributed by atoms with Gasteiger partial charge in [-0.25, -0.2) is 4.99 Å². The second kappa shape index (κ2) is 5.70. The molecular weight excluding hydrogens is 174 g/mol. The van der Waals surface area contributed by atoms with Crippen molar-refractivity contribution in [2.45, 2.75) is 12.8 Å². The predicted molar refractivity (Wildman–Crippen MR) is 62.3 cm³/mol. The molecule has 1 saturated heterocycles. The fourth-order valence-electron chi connectivity index (χ4n) is 1.74. The van der Waals surface area contributed by atoms with Crippen LogP contribution in [0.15, 0.2) is 22.6 Å². The molecule has 3 nitrogen and oxygen atoms in total. The van der Waals surface area contributed by atoms with Crippen molar-refractivity contribution >= 4 is 12.1 Å². The van der Waals surface area contributed by atoms with E-state index in [-0.39, 0.29) is 0 Å². The summed E-state index contributed by atoms with van der Waals surface area (Å²) in [5.74, 6) is 1.50. The van der Waals surface area contributed by atoms with Crippen LogP contribution in [0.5, 0.6) is 0 Å². The number of piperidine rings is 1. The number of likely N-dealkylation sites (tertiary alicyclic amines) is 1. The number of aliphatic imine (C=N–C) groups is 2. The van der Waals surface area contributed by atoms with Crippen molar-refractivity contribution in [2.24, 2.45) is 15.9 Å². The molecule has 0 saturated carbocycles. The molecule has 78 valence electrons. The van der Waals surface area contributed by atoms with Gasteiger partial charge < -0.3 is 4.90 Å². The van der Waals surface area contributed by atoms with E-state index in [1.807, 2.05) is 7.05 Å². The lowest BCUT2D eigenvalue weighted by atomic mass is 9.96. The summed E-state index contributed by atoms with van der Waals surface area (Å²) in [5.41, 5.74) is 0. The Morgan fingerprint density at radius 2 is 2.07 bits per heavy atom. The lowest BCUT2D eigenvalue weighted by molar-refractivity contribution is 0.251. The lowest BCUT2D eigenvalue weighted by Gasteiger charge is -2.28. The highest BCUT2D eigenvalue weighted by molar-refractivity contribution is 5.93. The summed E-state index contributed by atoms with van der Waals surface area (Å²) in [7, 11) is 3.97. The first-order valence-electron chi connectivity index (χ1n) is 5.08. The summed E-state index contributed by atoms with van der Waals surface area (Å²) >= 11 is 0. The molecular formula is C11H19N3. The van der Waals surface area contributed by atoms with Crippen LogP contribution in [-0.2, 0) is 0 Å². The molecule has 0 amide bonds. The van der Waals surface area contributed by atoms with Crippen LogP contribution in [0.3, 0.4) is 0 Å². The highest BCUT2D eigenvalue weighted by atomic mass is 15.1. The van der Waals surface area contributed by atoms with Crippen molar-refractivity contribution in [1.29, 1.82) is 0 Å². The van der Waals surface area contributed by atoms with Crippen molar-refractivity contribution in [3.63, 3.8) is 0 Å². The zero-order valence-corrected chi connectivity index (χ0v) is 9.11. The van der Waals surface area contributed by atoms with Crippen LogP contribution < -0.4 is 0 Å². The topological polar surface area (TPSA) is 28.0 Å². The Hall–Kier alpha value is -0.960. The molecule has 0 spiro atoms. The predicted octanol–water partition coefficient (Wildman–Crippen LogP) is 1.61. The van der Waals surface area contributed by atoms with Gasteiger partial charge in [-0.15, -0.1) is 0 Å². The van der Waals surface area contributed by atoms with Crippen LogP contribution in [0.2, 0.25) is 0 Å². The van der Waals surface area contributed by atoms with Gasteiger partial charge >= 0.3 is 0 Å². The molecule has 1 aliphatic heterocycles. The summed E-state index contributed by atoms with van der Waals surface area (Å²) in [6, 6.07) is 0. The minimum atomic E-state index is 0.535. The van der Waals surface area contributed by atoms with E-state index >= 15 is 0 Å². The number of hydrogen-bond acceptors (Lipinski definition) is 2. The Kier molecular flexibility index (Phi) is 4.53. The van der Waals surface area contributed by atoms with Crippen molar-refractivity contribution in [1.82, 2.24) is 4.90 Å². The van der Waals surface area contributed by atoms with Gasteiger partial charge in [-0.05, 0) is 33.0 Å². The third kappa shape index (κ3) is 3.07. The van der Waals surface area contributed by atoms with E-state index in [1.165, 1.54) is 0 Å². The van der Waals surface area contributed by atoms with Gasteiger partial charge in [0.15, 0.2) is 0 Å². The van der Waals surface area contributed by atoms with Crippen LogP contribution in [0, 0.1) is 5.92 Å². The third-order valence-corrected chi connectivity index (χ3v) is 2.63. The maximum Gasteiger partial charge on any atom is 0.126 e. The Labute approximate surface area is 86.2 Å². The Morgan fingerprint density at radius 3 is 2.57 bits per heavy atom. The first-order chi connectivity index (χ1) is 6.77. The molecule has 0 aromatic carbocycles. The van der Waals surface area contributed by atoms with Gasteiger partial charge in [0.1, 0.15) is 5.84 Å². The maximum absolute atomic E-state index is 4.30. The van der Waals surface area contributed by atoms with Gasteiger partial charge in [-0.2, -0.15) is 0 Å². The average molecular weight is 193 g/mol. The fourth-order valence-corrected chi connectivity index (χ4v) is 1.74. The molecule has 0 N–H and O–H groups in total. The summed E-state index contributed by atoms with van der Waals surface area (Å²) in [6.07, 6.45) is 5.75. The van der Waals surface area contributed by atoms with E-state index in [9.17, 15) is 0 Å². The summed E-state index contributed by atoms with van der Waals surface area (Å²) in [6.45, 7) is 5.90. The quantitative estimate of drug-likeness (QED) is 0.483. The van der Waals surface area contributed by atoms with E-state index in [0.29, 0.717) is 5.92 Å². The molecule has 14 heavy (non-hydrogen) atoms. The molecule has 0 unspecified atom stereocenters. The molecule has 0 aromatic rings. The third-order valence-electron chi connectivity index (χ3n) is 2.63. The number of hydrogen-bond donors (Lipinski definition) is 0. The second-order valence-electron chi connectivity index (χ2n) is 3.67. The Morgan fingerprint density at radius 1 is 1.43 bits per heavy atom. The minimum Gasteiger partial charge on any atom is -0.306 e.